The second-order valence-electron chi connectivity index (χ2n) is 5.46. The van der Waals surface area contributed by atoms with Gasteiger partial charge in [0.2, 0.25) is 11.8 Å². The smallest absolute Gasteiger partial charge is 0.226 e. The number of ether oxygens (including phenoxy) is 1. The summed E-state index contributed by atoms with van der Waals surface area (Å²) in [5, 5.41) is 4.11. The summed E-state index contributed by atoms with van der Waals surface area (Å²) in [6.07, 6.45) is 1.15. The first-order valence-electron chi connectivity index (χ1n) is 7.27. The molecular weight excluding hydrogens is 250 g/mol. The highest BCUT2D eigenvalue weighted by atomic mass is 16.5. The van der Waals surface area contributed by atoms with Crippen LogP contribution in [-0.4, -0.2) is 22.6 Å². The van der Waals surface area contributed by atoms with Crippen molar-refractivity contribution in [2.75, 3.05) is 11.9 Å². The van der Waals surface area contributed by atoms with Gasteiger partial charge in [0.15, 0.2) is 0 Å². The highest BCUT2D eigenvalue weighted by Gasteiger charge is 2.12. The van der Waals surface area contributed by atoms with Crippen molar-refractivity contribution in [3.8, 4) is 5.88 Å². The van der Waals surface area contributed by atoms with Crippen LogP contribution in [0.2, 0.25) is 0 Å². The van der Waals surface area contributed by atoms with Crippen LogP contribution in [0, 0.1) is 5.92 Å². The zero-order valence-electron chi connectivity index (χ0n) is 12.7. The van der Waals surface area contributed by atoms with Crippen molar-refractivity contribution in [3.63, 3.8) is 0 Å². The second kappa shape index (κ2) is 6.55. The molecule has 0 aliphatic heterocycles. The zero-order chi connectivity index (χ0) is 14.5. The first-order valence-corrected chi connectivity index (χ1v) is 7.27. The molecule has 0 fully saturated rings. The fraction of sp³-hybridized carbons (Fsp3) is 0.500. The molecule has 4 heteroatoms. The molecule has 2 rings (SSSR count). The summed E-state index contributed by atoms with van der Waals surface area (Å²) in [5.41, 5.74) is 0.908. The van der Waals surface area contributed by atoms with Gasteiger partial charge in [-0.05, 0) is 38.3 Å². The van der Waals surface area contributed by atoms with E-state index in [9.17, 15) is 0 Å². The standard InChI is InChI=1S/C16H23N3O/c1-5-17-16-18-14-9-7-6-8-13(14)15(19-16)20-12(4)10-11(2)3/h6-9,11-12H,5,10H2,1-4H3,(H,17,18,19). The Morgan fingerprint density at radius 2 is 1.90 bits per heavy atom. The zero-order valence-corrected chi connectivity index (χ0v) is 12.7. The van der Waals surface area contributed by atoms with E-state index in [1.165, 1.54) is 0 Å². The van der Waals surface area contributed by atoms with Crippen molar-refractivity contribution in [1.82, 2.24) is 9.97 Å². The molecule has 0 saturated carbocycles. The van der Waals surface area contributed by atoms with Crippen molar-refractivity contribution in [3.05, 3.63) is 24.3 Å². The monoisotopic (exact) mass is 273 g/mol. The molecular formula is C16H23N3O. The number of hydrogen-bond donors (Lipinski definition) is 1. The Morgan fingerprint density at radius 1 is 1.15 bits per heavy atom. The third kappa shape index (κ3) is 3.59. The summed E-state index contributed by atoms with van der Waals surface area (Å²) in [6.45, 7) is 9.30. The minimum atomic E-state index is 0.141. The molecule has 20 heavy (non-hydrogen) atoms. The highest BCUT2D eigenvalue weighted by Crippen LogP contribution is 2.25. The van der Waals surface area contributed by atoms with E-state index in [0.717, 1.165) is 23.9 Å². The quantitative estimate of drug-likeness (QED) is 0.867. The van der Waals surface area contributed by atoms with Gasteiger partial charge in [0.05, 0.1) is 17.0 Å². The van der Waals surface area contributed by atoms with E-state index in [2.05, 4.69) is 36.1 Å². The lowest BCUT2D eigenvalue weighted by Crippen LogP contribution is -2.16. The maximum Gasteiger partial charge on any atom is 0.226 e. The Balaban J connectivity index is 2.34. The number of fused-ring (bicyclic) bond motifs is 1. The minimum Gasteiger partial charge on any atom is -0.474 e. The van der Waals surface area contributed by atoms with Crippen molar-refractivity contribution in [2.24, 2.45) is 5.92 Å². The van der Waals surface area contributed by atoms with E-state index < -0.39 is 0 Å². The average Bonchev–Trinajstić information content (AvgIpc) is 2.38. The van der Waals surface area contributed by atoms with Gasteiger partial charge >= 0.3 is 0 Å². The molecule has 4 nitrogen and oxygen atoms in total. The molecule has 0 bridgehead atoms. The Bertz CT molecular complexity index is 569. The van der Waals surface area contributed by atoms with Gasteiger partial charge in [0, 0.05) is 6.54 Å². The van der Waals surface area contributed by atoms with Crippen LogP contribution in [0.15, 0.2) is 24.3 Å². The fourth-order valence-electron chi connectivity index (χ4n) is 2.28. The Hall–Kier alpha value is -1.84. The van der Waals surface area contributed by atoms with E-state index in [1.807, 2.05) is 31.2 Å². The van der Waals surface area contributed by atoms with E-state index in [-0.39, 0.29) is 6.10 Å². The SMILES string of the molecule is CCNc1nc(OC(C)CC(C)C)c2ccccc2n1. The third-order valence-electron chi connectivity index (χ3n) is 3.02. The summed E-state index contributed by atoms with van der Waals surface area (Å²) in [6, 6.07) is 7.95. The van der Waals surface area contributed by atoms with Crippen LogP contribution in [0.5, 0.6) is 5.88 Å². The van der Waals surface area contributed by atoms with Crippen LogP contribution in [0.25, 0.3) is 10.9 Å². The maximum absolute atomic E-state index is 6.03. The minimum absolute atomic E-state index is 0.141. The van der Waals surface area contributed by atoms with Crippen LogP contribution < -0.4 is 10.1 Å². The fourth-order valence-corrected chi connectivity index (χ4v) is 2.28. The van der Waals surface area contributed by atoms with Gasteiger partial charge < -0.3 is 10.1 Å². The van der Waals surface area contributed by atoms with Gasteiger partial charge in [-0.3, -0.25) is 0 Å². The van der Waals surface area contributed by atoms with Crippen molar-refractivity contribution >= 4 is 16.9 Å². The molecule has 1 N–H and O–H groups in total. The van der Waals surface area contributed by atoms with Gasteiger partial charge in [0.1, 0.15) is 0 Å². The van der Waals surface area contributed by atoms with Crippen LogP contribution >= 0.6 is 0 Å². The van der Waals surface area contributed by atoms with Crippen molar-refractivity contribution in [2.45, 2.75) is 40.2 Å². The number of aromatic nitrogens is 2. The summed E-state index contributed by atoms with van der Waals surface area (Å²) < 4.78 is 6.03. The van der Waals surface area contributed by atoms with Crippen LogP contribution in [0.4, 0.5) is 5.95 Å². The van der Waals surface area contributed by atoms with E-state index in [0.29, 0.717) is 17.7 Å². The number of benzene rings is 1. The summed E-state index contributed by atoms with van der Waals surface area (Å²) in [7, 11) is 0. The van der Waals surface area contributed by atoms with Crippen LogP contribution in [-0.2, 0) is 0 Å². The molecule has 1 atom stereocenters. The molecule has 1 aromatic carbocycles. The molecule has 0 aliphatic rings. The van der Waals surface area contributed by atoms with Gasteiger partial charge in [-0.2, -0.15) is 4.98 Å². The van der Waals surface area contributed by atoms with Gasteiger partial charge in [-0.15, -0.1) is 0 Å². The highest BCUT2D eigenvalue weighted by molar-refractivity contribution is 5.84. The number of rotatable bonds is 6. The topological polar surface area (TPSA) is 47.0 Å². The van der Waals surface area contributed by atoms with Gasteiger partial charge in [-0.25, -0.2) is 4.98 Å². The summed E-state index contributed by atoms with van der Waals surface area (Å²) >= 11 is 0. The molecule has 0 aliphatic carbocycles. The molecule has 1 unspecified atom stereocenters. The van der Waals surface area contributed by atoms with Gasteiger partial charge in [0.25, 0.3) is 0 Å². The Kier molecular flexibility index (Phi) is 4.77. The Morgan fingerprint density at radius 3 is 2.60 bits per heavy atom. The summed E-state index contributed by atoms with van der Waals surface area (Å²) in [4.78, 5) is 8.99. The lowest BCUT2D eigenvalue weighted by molar-refractivity contribution is 0.188. The number of nitrogens with one attached hydrogen (secondary N) is 1. The van der Waals surface area contributed by atoms with E-state index in [4.69, 9.17) is 4.74 Å². The van der Waals surface area contributed by atoms with Crippen molar-refractivity contribution < 1.29 is 4.74 Å². The third-order valence-corrected chi connectivity index (χ3v) is 3.02. The molecule has 0 saturated heterocycles. The molecule has 1 heterocycles. The normalized spacial score (nSPS) is 12.7. The first-order chi connectivity index (χ1) is 9.60. The summed E-state index contributed by atoms with van der Waals surface area (Å²) in [5.74, 6) is 1.89. The molecule has 108 valence electrons. The van der Waals surface area contributed by atoms with E-state index in [1.54, 1.807) is 0 Å². The predicted octanol–water partition coefficient (Wildman–Crippen LogP) is 3.88. The molecule has 0 spiro atoms. The van der Waals surface area contributed by atoms with Gasteiger partial charge in [-0.1, -0.05) is 26.0 Å². The molecule has 0 amide bonds. The number of nitrogens with zero attached hydrogens (tertiary/aromatic N) is 2. The number of para-hydroxylation sites is 1. The van der Waals surface area contributed by atoms with Crippen LogP contribution in [0.3, 0.4) is 0 Å². The lowest BCUT2D eigenvalue weighted by Gasteiger charge is -2.17. The molecule has 1 aromatic heterocycles. The Labute approximate surface area is 120 Å². The maximum atomic E-state index is 6.03. The predicted molar refractivity (Wildman–Crippen MR) is 83.2 cm³/mol. The van der Waals surface area contributed by atoms with E-state index >= 15 is 0 Å². The number of hydrogen-bond acceptors (Lipinski definition) is 4. The molecule has 0 radical (unpaired) electrons. The second-order valence-corrected chi connectivity index (χ2v) is 5.46. The number of anilines is 1. The average molecular weight is 273 g/mol. The first kappa shape index (κ1) is 14.6. The molecule has 2 aromatic rings. The largest absolute Gasteiger partial charge is 0.474 e. The van der Waals surface area contributed by atoms with Crippen LogP contribution in [0.1, 0.15) is 34.1 Å². The van der Waals surface area contributed by atoms with Crippen molar-refractivity contribution in [1.29, 1.82) is 0 Å². The lowest BCUT2D eigenvalue weighted by atomic mass is 10.1.